The summed E-state index contributed by atoms with van der Waals surface area (Å²) in [6.07, 6.45) is 2.03. The molecule has 16 heavy (non-hydrogen) atoms. The highest BCUT2D eigenvalue weighted by Gasteiger charge is 2.14. The summed E-state index contributed by atoms with van der Waals surface area (Å²) in [5.41, 5.74) is 0.688. The van der Waals surface area contributed by atoms with Crippen molar-refractivity contribution in [1.29, 1.82) is 0 Å². The Hall–Kier alpha value is -0.530. The first-order chi connectivity index (χ1) is 7.56. The van der Waals surface area contributed by atoms with Crippen molar-refractivity contribution in [3.63, 3.8) is 0 Å². The van der Waals surface area contributed by atoms with Crippen LogP contribution in [0.25, 0.3) is 0 Å². The van der Waals surface area contributed by atoms with Crippen LogP contribution in [-0.4, -0.2) is 20.8 Å². The molecule has 7 heteroatoms. The van der Waals surface area contributed by atoms with Crippen molar-refractivity contribution in [3.05, 3.63) is 31.1 Å². The minimum atomic E-state index is 0.0527. The average Bonchev–Trinajstić information content (AvgIpc) is 2.75. The summed E-state index contributed by atoms with van der Waals surface area (Å²) in [4.78, 5) is 12.6. The summed E-state index contributed by atoms with van der Waals surface area (Å²) in [6, 6.07) is 1.81. The summed E-state index contributed by atoms with van der Waals surface area (Å²) in [7, 11) is 1.78. The maximum Gasteiger partial charge on any atom is 0.178 e. The highest BCUT2D eigenvalue weighted by Crippen LogP contribution is 2.32. The molecule has 0 saturated heterocycles. The normalized spacial score (nSPS) is 10.7. The van der Waals surface area contributed by atoms with E-state index in [1.165, 1.54) is 11.3 Å². The fourth-order valence-electron chi connectivity index (χ4n) is 1.21. The van der Waals surface area contributed by atoms with Gasteiger partial charge in [-0.25, -0.2) is 0 Å². The molecule has 2 heterocycles. The van der Waals surface area contributed by atoms with Gasteiger partial charge in [0.2, 0.25) is 0 Å². The maximum atomic E-state index is 11.9. The summed E-state index contributed by atoms with van der Waals surface area (Å²) in [6.45, 7) is 0. The molecule has 0 atom stereocenters. The molecule has 0 aliphatic carbocycles. The minimum absolute atomic E-state index is 0.0527. The van der Waals surface area contributed by atoms with Gasteiger partial charge >= 0.3 is 0 Å². The van der Waals surface area contributed by atoms with Crippen molar-refractivity contribution < 1.29 is 4.79 Å². The first-order valence-electron chi connectivity index (χ1n) is 4.39. The zero-order chi connectivity index (χ0) is 11.7. The Morgan fingerprint density at radius 2 is 2.31 bits per heavy atom. The molecule has 0 aromatic carbocycles. The number of carbonyl (C=O) groups excluding carboxylic acids is 1. The Kier molecular flexibility index (Phi) is 3.56. The topological polar surface area (TPSA) is 47.8 Å². The summed E-state index contributed by atoms with van der Waals surface area (Å²) in [5, 5.41) is 7.67. The van der Waals surface area contributed by atoms with Gasteiger partial charge < -0.3 is 0 Å². The van der Waals surface area contributed by atoms with Gasteiger partial charge in [0, 0.05) is 17.7 Å². The van der Waals surface area contributed by atoms with Crippen LogP contribution in [0.3, 0.4) is 0 Å². The van der Waals surface area contributed by atoms with Gasteiger partial charge in [0.05, 0.1) is 20.8 Å². The molecule has 4 nitrogen and oxygen atoms in total. The lowest BCUT2D eigenvalue weighted by molar-refractivity contribution is 0.0995. The number of hydrogen-bond acceptors (Lipinski definition) is 4. The molecule has 0 aliphatic rings. The lowest BCUT2D eigenvalue weighted by Gasteiger charge is -1.92. The van der Waals surface area contributed by atoms with Crippen LogP contribution in [0.2, 0.25) is 0 Å². The van der Waals surface area contributed by atoms with E-state index in [9.17, 15) is 4.79 Å². The molecule has 0 spiro atoms. The molecule has 0 unspecified atom stereocenters. The largest absolute Gasteiger partial charge is 0.293 e. The first kappa shape index (κ1) is 11.9. The third kappa shape index (κ3) is 2.58. The molecule has 0 radical (unpaired) electrons. The first-order valence-corrected chi connectivity index (χ1v) is 6.79. The molecule has 2 aromatic heterocycles. The number of carbonyl (C=O) groups is 1. The average molecular weight is 365 g/mol. The van der Waals surface area contributed by atoms with Gasteiger partial charge in [-0.2, -0.15) is 0 Å². The summed E-state index contributed by atoms with van der Waals surface area (Å²) in [5.74, 6) is 0.0527. The molecular formula is C9H7Br2N3OS. The van der Waals surface area contributed by atoms with Crippen molar-refractivity contribution in [1.82, 2.24) is 15.0 Å². The number of rotatable bonds is 3. The van der Waals surface area contributed by atoms with Crippen molar-refractivity contribution in [2.24, 2.45) is 7.05 Å². The minimum Gasteiger partial charge on any atom is -0.293 e. The Morgan fingerprint density at radius 3 is 2.81 bits per heavy atom. The number of nitrogens with zero attached hydrogens (tertiary/aromatic N) is 3. The van der Waals surface area contributed by atoms with Gasteiger partial charge in [-0.05, 0) is 37.9 Å². The summed E-state index contributed by atoms with van der Waals surface area (Å²) < 4.78 is 3.41. The Labute approximate surface area is 113 Å². The lowest BCUT2D eigenvalue weighted by Crippen LogP contribution is -2.01. The summed E-state index contributed by atoms with van der Waals surface area (Å²) >= 11 is 8.13. The van der Waals surface area contributed by atoms with E-state index in [4.69, 9.17) is 0 Å². The van der Waals surface area contributed by atoms with Crippen LogP contribution in [0.1, 0.15) is 15.4 Å². The van der Waals surface area contributed by atoms with Crippen LogP contribution in [-0.2, 0) is 13.5 Å². The molecule has 0 fully saturated rings. The number of halogens is 2. The molecule has 0 aliphatic heterocycles. The molecule has 84 valence electrons. The van der Waals surface area contributed by atoms with E-state index in [1.807, 2.05) is 6.07 Å². The molecular weight excluding hydrogens is 358 g/mol. The van der Waals surface area contributed by atoms with E-state index >= 15 is 0 Å². The van der Waals surface area contributed by atoms with Crippen molar-refractivity contribution >= 4 is 49.0 Å². The zero-order valence-corrected chi connectivity index (χ0v) is 12.3. The van der Waals surface area contributed by atoms with E-state index in [-0.39, 0.29) is 12.2 Å². The van der Waals surface area contributed by atoms with Crippen LogP contribution < -0.4 is 0 Å². The third-order valence-electron chi connectivity index (χ3n) is 1.91. The number of aryl methyl sites for hydroxylation is 1. The van der Waals surface area contributed by atoms with E-state index in [0.29, 0.717) is 10.6 Å². The van der Waals surface area contributed by atoms with Crippen LogP contribution in [0, 0.1) is 0 Å². The van der Waals surface area contributed by atoms with Gasteiger partial charge in [-0.1, -0.05) is 5.21 Å². The highest BCUT2D eigenvalue weighted by atomic mass is 79.9. The fourth-order valence-corrected chi connectivity index (χ4v) is 3.19. The highest BCUT2D eigenvalue weighted by molar-refractivity contribution is 9.13. The van der Waals surface area contributed by atoms with Crippen LogP contribution >= 0.6 is 43.2 Å². The zero-order valence-electron chi connectivity index (χ0n) is 8.28. The van der Waals surface area contributed by atoms with Crippen LogP contribution in [0.5, 0.6) is 0 Å². The monoisotopic (exact) mass is 363 g/mol. The van der Waals surface area contributed by atoms with Crippen molar-refractivity contribution in [3.8, 4) is 0 Å². The predicted octanol–water partition coefficient (Wildman–Crippen LogP) is 2.83. The Balaban J connectivity index is 2.14. The van der Waals surface area contributed by atoms with E-state index in [0.717, 1.165) is 8.26 Å². The number of aromatic nitrogens is 3. The SMILES string of the molecule is Cn1cc(CC(=O)c2cc(Br)c(Br)s2)nn1. The fraction of sp³-hybridized carbons (Fsp3) is 0.222. The molecule has 0 N–H and O–H groups in total. The van der Waals surface area contributed by atoms with Gasteiger partial charge in [0.25, 0.3) is 0 Å². The maximum absolute atomic E-state index is 11.9. The van der Waals surface area contributed by atoms with Gasteiger partial charge in [0.1, 0.15) is 0 Å². The van der Waals surface area contributed by atoms with Gasteiger partial charge in [0.15, 0.2) is 5.78 Å². The number of ketones is 1. The standard InChI is InChI=1S/C9H7Br2N3OS/c1-14-4-5(12-13-14)2-7(15)8-3-6(10)9(11)16-8/h3-4H,2H2,1H3. The second-order valence-electron chi connectivity index (χ2n) is 3.22. The second kappa shape index (κ2) is 4.77. The van der Waals surface area contributed by atoms with Crippen molar-refractivity contribution in [2.75, 3.05) is 0 Å². The van der Waals surface area contributed by atoms with E-state index < -0.39 is 0 Å². The van der Waals surface area contributed by atoms with E-state index in [2.05, 4.69) is 42.2 Å². The van der Waals surface area contributed by atoms with Crippen LogP contribution in [0.15, 0.2) is 20.5 Å². The lowest BCUT2D eigenvalue weighted by atomic mass is 10.2. The smallest absolute Gasteiger partial charge is 0.178 e. The Bertz CT molecular complexity index is 515. The van der Waals surface area contributed by atoms with Gasteiger partial charge in [-0.3, -0.25) is 9.48 Å². The van der Waals surface area contributed by atoms with E-state index in [1.54, 1.807) is 17.9 Å². The van der Waals surface area contributed by atoms with Gasteiger partial charge in [-0.15, -0.1) is 16.4 Å². The third-order valence-corrected chi connectivity index (χ3v) is 5.21. The predicted molar refractivity (Wildman–Crippen MR) is 68.8 cm³/mol. The molecule has 0 saturated carbocycles. The van der Waals surface area contributed by atoms with Crippen molar-refractivity contribution in [2.45, 2.75) is 6.42 Å². The molecule has 0 bridgehead atoms. The second-order valence-corrected chi connectivity index (χ2v) is 6.44. The number of Topliss-reactive ketones (excluding diaryl/α,β-unsaturated/α-hetero) is 1. The molecule has 0 amide bonds. The molecule has 2 rings (SSSR count). The van der Waals surface area contributed by atoms with Crippen LogP contribution in [0.4, 0.5) is 0 Å². The number of thiophene rings is 1. The number of hydrogen-bond donors (Lipinski definition) is 0. The Morgan fingerprint density at radius 1 is 1.56 bits per heavy atom. The quantitative estimate of drug-likeness (QED) is 0.787. The molecule has 2 aromatic rings.